The van der Waals surface area contributed by atoms with E-state index >= 15 is 0 Å². The highest BCUT2D eigenvalue weighted by atomic mass is 79.9. The number of benzene rings is 2. The Morgan fingerprint density at radius 1 is 0.909 bits per heavy atom. The Hall–Kier alpha value is -3.08. The standard InChI is InChI=1S/C20H21BrN2O3.C2HF3O2/c21-15-7-5-14(6-8-15)19(24)22-18-10-9-16(13-17(18)20(25)26)23-11-3-1-2-4-12-23;3-2(4,5)1(6)7/h5-10,13H,1-4,11-12H2,(H,22,24)(H,25,26);(H,6,7). The molecule has 0 radical (unpaired) electrons. The number of rotatable bonds is 4. The van der Waals surface area contributed by atoms with Crippen molar-refractivity contribution in [2.75, 3.05) is 23.3 Å². The quantitative estimate of drug-likeness (QED) is 0.487. The van der Waals surface area contributed by atoms with Crippen molar-refractivity contribution < 1.29 is 37.8 Å². The lowest BCUT2D eigenvalue weighted by molar-refractivity contribution is -0.192. The summed E-state index contributed by atoms with van der Waals surface area (Å²) in [5.74, 6) is -4.14. The van der Waals surface area contributed by atoms with Crippen LogP contribution in [-0.4, -0.2) is 47.3 Å². The fraction of sp³-hybridized carbons (Fsp3) is 0.318. The third-order valence-corrected chi connectivity index (χ3v) is 5.33. The van der Waals surface area contributed by atoms with Crippen molar-refractivity contribution in [2.45, 2.75) is 31.9 Å². The number of halogens is 4. The molecule has 33 heavy (non-hydrogen) atoms. The molecule has 178 valence electrons. The zero-order chi connectivity index (χ0) is 24.6. The van der Waals surface area contributed by atoms with E-state index in [2.05, 4.69) is 26.1 Å². The summed E-state index contributed by atoms with van der Waals surface area (Å²) in [6.07, 6.45) is -0.428. The molecule has 0 aromatic heterocycles. The van der Waals surface area contributed by atoms with Gasteiger partial charge in [0.05, 0.1) is 11.3 Å². The third kappa shape index (κ3) is 8.08. The molecule has 0 bridgehead atoms. The Balaban J connectivity index is 0.000000479. The average molecular weight is 531 g/mol. The van der Waals surface area contributed by atoms with E-state index in [1.54, 1.807) is 36.4 Å². The first-order valence-corrected chi connectivity index (χ1v) is 10.8. The van der Waals surface area contributed by atoms with Gasteiger partial charge in [0.15, 0.2) is 0 Å². The predicted molar refractivity (Wildman–Crippen MR) is 120 cm³/mol. The maximum absolute atomic E-state index is 12.4. The largest absolute Gasteiger partial charge is 0.490 e. The number of carboxylic acid groups (broad SMARTS) is 2. The summed E-state index contributed by atoms with van der Waals surface area (Å²) in [5, 5.41) is 19.4. The molecule has 7 nitrogen and oxygen atoms in total. The van der Waals surface area contributed by atoms with Gasteiger partial charge in [0, 0.05) is 28.8 Å². The van der Waals surface area contributed by atoms with E-state index in [1.807, 2.05) is 6.07 Å². The van der Waals surface area contributed by atoms with E-state index < -0.39 is 18.1 Å². The molecule has 0 unspecified atom stereocenters. The number of amides is 1. The zero-order valence-corrected chi connectivity index (χ0v) is 18.9. The molecule has 1 heterocycles. The Bertz CT molecular complexity index is 989. The lowest BCUT2D eigenvalue weighted by atomic mass is 10.1. The first kappa shape index (κ1) is 26.2. The highest BCUT2D eigenvalue weighted by Crippen LogP contribution is 2.26. The molecule has 3 N–H and O–H groups in total. The van der Waals surface area contributed by atoms with Gasteiger partial charge in [-0.15, -0.1) is 0 Å². The fourth-order valence-electron chi connectivity index (χ4n) is 3.14. The number of nitrogens with zero attached hydrogens (tertiary/aromatic N) is 1. The summed E-state index contributed by atoms with van der Waals surface area (Å²) in [6, 6.07) is 12.1. The summed E-state index contributed by atoms with van der Waals surface area (Å²) in [5.41, 5.74) is 1.79. The van der Waals surface area contributed by atoms with Crippen LogP contribution in [0.2, 0.25) is 0 Å². The van der Waals surface area contributed by atoms with Gasteiger partial charge < -0.3 is 20.4 Å². The van der Waals surface area contributed by atoms with Crippen LogP contribution in [0.3, 0.4) is 0 Å². The molecule has 1 saturated heterocycles. The molecule has 1 amide bonds. The van der Waals surface area contributed by atoms with E-state index in [9.17, 15) is 27.9 Å². The van der Waals surface area contributed by atoms with Crippen LogP contribution in [0.1, 0.15) is 46.4 Å². The van der Waals surface area contributed by atoms with E-state index in [4.69, 9.17) is 9.90 Å². The second kappa shape index (κ2) is 11.7. The van der Waals surface area contributed by atoms with Crippen LogP contribution in [0, 0.1) is 0 Å². The molecular weight excluding hydrogens is 509 g/mol. The Morgan fingerprint density at radius 2 is 1.45 bits per heavy atom. The van der Waals surface area contributed by atoms with Gasteiger partial charge in [-0.2, -0.15) is 13.2 Å². The monoisotopic (exact) mass is 530 g/mol. The minimum absolute atomic E-state index is 0.109. The van der Waals surface area contributed by atoms with Gasteiger partial charge in [0.1, 0.15) is 0 Å². The van der Waals surface area contributed by atoms with Crippen molar-refractivity contribution >= 4 is 45.2 Å². The van der Waals surface area contributed by atoms with Crippen LogP contribution in [0.5, 0.6) is 0 Å². The summed E-state index contributed by atoms with van der Waals surface area (Å²) in [7, 11) is 0. The highest BCUT2D eigenvalue weighted by Gasteiger charge is 2.38. The minimum atomic E-state index is -5.08. The lowest BCUT2D eigenvalue weighted by Crippen LogP contribution is -2.24. The number of hydrogen-bond donors (Lipinski definition) is 3. The number of carbonyl (C=O) groups is 3. The smallest absolute Gasteiger partial charge is 0.478 e. The van der Waals surface area contributed by atoms with Crippen molar-refractivity contribution in [3.63, 3.8) is 0 Å². The first-order valence-electron chi connectivity index (χ1n) is 9.98. The topological polar surface area (TPSA) is 107 Å². The number of anilines is 2. The summed E-state index contributed by atoms with van der Waals surface area (Å²) < 4.78 is 32.6. The average Bonchev–Trinajstić information content (AvgIpc) is 3.03. The molecule has 2 aromatic rings. The van der Waals surface area contributed by atoms with Crippen molar-refractivity contribution in [1.82, 2.24) is 0 Å². The minimum Gasteiger partial charge on any atom is -0.478 e. The molecule has 11 heteroatoms. The molecule has 1 aliphatic heterocycles. The van der Waals surface area contributed by atoms with Crippen molar-refractivity contribution in [2.24, 2.45) is 0 Å². The fourth-order valence-corrected chi connectivity index (χ4v) is 3.40. The molecule has 2 aromatic carbocycles. The lowest BCUT2D eigenvalue weighted by Gasteiger charge is -2.23. The molecule has 1 aliphatic rings. The number of aromatic carboxylic acids is 1. The number of nitrogens with one attached hydrogen (secondary N) is 1. The third-order valence-electron chi connectivity index (χ3n) is 4.80. The highest BCUT2D eigenvalue weighted by molar-refractivity contribution is 9.10. The second-order valence-corrected chi connectivity index (χ2v) is 8.12. The number of alkyl halides is 3. The molecule has 0 aliphatic carbocycles. The van der Waals surface area contributed by atoms with Crippen molar-refractivity contribution in [3.8, 4) is 0 Å². The van der Waals surface area contributed by atoms with Crippen LogP contribution in [0.25, 0.3) is 0 Å². The molecule has 0 saturated carbocycles. The number of carboxylic acids is 2. The Labute approximate surface area is 196 Å². The van der Waals surface area contributed by atoms with Crippen LogP contribution in [-0.2, 0) is 4.79 Å². The first-order chi connectivity index (χ1) is 15.5. The van der Waals surface area contributed by atoms with E-state index in [1.165, 1.54) is 12.8 Å². The Kier molecular flexibility index (Phi) is 9.27. The normalized spacial score (nSPS) is 13.9. The van der Waals surface area contributed by atoms with Gasteiger partial charge in [-0.3, -0.25) is 4.79 Å². The van der Waals surface area contributed by atoms with E-state index in [0.717, 1.165) is 36.1 Å². The van der Waals surface area contributed by atoms with Gasteiger partial charge in [-0.25, -0.2) is 9.59 Å². The van der Waals surface area contributed by atoms with Gasteiger partial charge in [-0.1, -0.05) is 28.8 Å². The molecule has 0 atom stereocenters. The Morgan fingerprint density at radius 3 is 1.94 bits per heavy atom. The van der Waals surface area contributed by atoms with Crippen molar-refractivity contribution in [3.05, 3.63) is 58.1 Å². The SMILES string of the molecule is O=C(Nc1ccc(N2CCCCCC2)cc1C(=O)O)c1ccc(Br)cc1.O=C(O)C(F)(F)F. The molecule has 0 spiro atoms. The maximum Gasteiger partial charge on any atom is 0.490 e. The molecule has 1 fully saturated rings. The molecule has 3 rings (SSSR count). The summed E-state index contributed by atoms with van der Waals surface area (Å²) in [6.45, 7) is 1.87. The summed E-state index contributed by atoms with van der Waals surface area (Å²) in [4.78, 5) is 35.2. The second-order valence-electron chi connectivity index (χ2n) is 7.20. The van der Waals surface area contributed by atoms with Crippen LogP contribution in [0.15, 0.2) is 46.9 Å². The maximum atomic E-state index is 12.4. The van der Waals surface area contributed by atoms with Crippen LogP contribution >= 0.6 is 15.9 Å². The number of carbonyl (C=O) groups excluding carboxylic acids is 1. The van der Waals surface area contributed by atoms with E-state index in [0.29, 0.717) is 11.3 Å². The van der Waals surface area contributed by atoms with Gasteiger partial charge >= 0.3 is 18.1 Å². The predicted octanol–water partition coefficient (Wildman–Crippen LogP) is 5.41. The number of hydrogen-bond acceptors (Lipinski definition) is 4. The van der Waals surface area contributed by atoms with Gasteiger partial charge in [0.25, 0.3) is 5.91 Å². The van der Waals surface area contributed by atoms with Crippen molar-refractivity contribution in [1.29, 1.82) is 0 Å². The van der Waals surface area contributed by atoms with E-state index in [-0.39, 0.29) is 11.5 Å². The van der Waals surface area contributed by atoms with Crippen LogP contribution < -0.4 is 10.2 Å². The number of aliphatic carboxylic acids is 1. The zero-order valence-electron chi connectivity index (χ0n) is 17.4. The molecular formula is C22H22BrF3N2O5. The van der Waals surface area contributed by atoms with Crippen LogP contribution in [0.4, 0.5) is 24.5 Å². The van der Waals surface area contributed by atoms with Gasteiger partial charge in [-0.05, 0) is 55.3 Å². The van der Waals surface area contributed by atoms with Gasteiger partial charge in [0.2, 0.25) is 0 Å². The summed E-state index contributed by atoms with van der Waals surface area (Å²) >= 11 is 3.33.